The minimum atomic E-state index is -0.284. The van der Waals surface area contributed by atoms with Crippen LogP contribution in [0.1, 0.15) is 0 Å². The van der Waals surface area contributed by atoms with Gasteiger partial charge in [0.15, 0.2) is 5.43 Å². The van der Waals surface area contributed by atoms with Gasteiger partial charge in [-0.05, 0) is 24.3 Å². The molecule has 0 aliphatic carbocycles. The number of phenolic OH excluding ortho intramolecular Hbond substituents is 2. The van der Waals surface area contributed by atoms with E-state index in [1.54, 1.807) is 0 Å². The summed E-state index contributed by atoms with van der Waals surface area (Å²) in [5, 5.41) is 39.5. The van der Waals surface area contributed by atoms with Crippen molar-refractivity contribution in [3.8, 4) is 11.5 Å². The summed E-state index contributed by atoms with van der Waals surface area (Å²) >= 11 is 0. The van der Waals surface area contributed by atoms with E-state index in [4.69, 9.17) is 14.8 Å². The molecule has 0 radical (unpaired) electrons. The maximum absolute atomic E-state index is 12.8. The third-order valence-electron chi connectivity index (χ3n) is 6.42. The highest BCUT2D eigenvalue weighted by molar-refractivity contribution is 6.23. The van der Waals surface area contributed by atoms with Crippen LogP contribution in [0, 0.1) is 0 Å². The molecule has 0 spiro atoms. The number of H-pyrrole nitrogens is 1. The molecule has 10 heteroatoms. The summed E-state index contributed by atoms with van der Waals surface area (Å²) in [5.41, 5.74) is 1.10. The number of aromatic hydroxyl groups is 2. The minimum Gasteiger partial charge on any atom is -0.507 e. The van der Waals surface area contributed by atoms with Crippen molar-refractivity contribution in [1.82, 2.24) is 20.0 Å². The number of nitrogens with zero attached hydrogens (tertiary/aromatic N) is 3. The summed E-state index contributed by atoms with van der Waals surface area (Å²) in [6, 6.07) is 6.42. The number of aromatic amines is 1. The van der Waals surface area contributed by atoms with Crippen molar-refractivity contribution in [3.05, 3.63) is 39.8 Å². The molecule has 0 bridgehead atoms. The van der Waals surface area contributed by atoms with Gasteiger partial charge in [0, 0.05) is 38.1 Å². The van der Waals surface area contributed by atoms with Crippen LogP contribution in [-0.4, -0.2) is 89.1 Å². The fraction of sp³-hybridized carbons (Fsp3) is 0.417. The van der Waals surface area contributed by atoms with E-state index < -0.39 is 0 Å². The highest BCUT2D eigenvalue weighted by atomic mass is 16.5. The fourth-order valence-electron chi connectivity index (χ4n) is 4.76. The minimum absolute atomic E-state index is 0.0515. The fourth-order valence-corrected chi connectivity index (χ4v) is 4.76. The van der Waals surface area contributed by atoms with Crippen molar-refractivity contribution in [1.29, 1.82) is 0 Å². The Bertz CT molecular complexity index is 1440. The van der Waals surface area contributed by atoms with Crippen LogP contribution < -0.4 is 16.1 Å². The van der Waals surface area contributed by atoms with Gasteiger partial charge in [-0.15, -0.1) is 0 Å². The van der Waals surface area contributed by atoms with Gasteiger partial charge in [0.05, 0.1) is 65.5 Å². The number of phenols is 2. The molecular weight excluding hydrogens is 438 g/mol. The topological polar surface area (TPSA) is 135 Å². The Morgan fingerprint density at radius 1 is 1.00 bits per heavy atom. The second-order valence-corrected chi connectivity index (χ2v) is 8.48. The molecule has 1 aromatic heterocycles. The summed E-state index contributed by atoms with van der Waals surface area (Å²) in [4.78, 5) is 19.9. The maximum Gasteiger partial charge on any atom is 0.189 e. The third-order valence-corrected chi connectivity index (χ3v) is 6.42. The number of aromatic nitrogens is 2. The van der Waals surface area contributed by atoms with E-state index in [-0.39, 0.29) is 34.3 Å². The van der Waals surface area contributed by atoms with Crippen molar-refractivity contribution in [2.75, 3.05) is 59.1 Å². The average molecular weight is 468 g/mol. The van der Waals surface area contributed by atoms with Crippen LogP contribution in [0.5, 0.6) is 11.5 Å². The summed E-state index contributed by atoms with van der Waals surface area (Å²) in [6.07, 6.45) is 0. The Balaban J connectivity index is 1.67. The molecule has 5 N–H and O–H groups in total. The molecule has 0 amide bonds. The number of morpholine rings is 1. The number of benzene rings is 3. The smallest absolute Gasteiger partial charge is 0.189 e. The Hall–Kier alpha value is -3.18. The first-order valence-corrected chi connectivity index (χ1v) is 11.6. The lowest BCUT2D eigenvalue weighted by atomic mass is 9.99. The molecule has 5 rings (SSSR count). The van der Waals surface area contributed by atoms with Gasteiger partial charge in [-0.25, -0.2) is 0 Å². The van der Waals surface area contributed by atoms with E-state index in [1.165, 1.54) is 12.1 Å². The van der Waals surface area contributed by atoms with Crippen LogP contribution in [-0.2, 0) is 11.3 Å². The van der Waals surface area contributed by atoms with E-state index in [0.717, 1.165) is 38.4 Å². The number of fused-ring (bicyclic) bond motifs is 2. The van der Waals surface area contributed by atoms with E-state index in [2.05, 4.69) is 15.3 Å². The van der Waals surface area contributed by atoms with Gasteiger partial charge in [0.2, 0.25) is 0 Å². The van der Waals surface area contributed by atoms with Crippen LogP contribution in [0.15, 0.2) is 34.1 Å². The van der Waals surface area contributed by atoms with E-state index in [1.807, 2.05) is 16.8 Å². The molecule has 0 saturated carbocycles. The Kier molecular flexibility index (Phi) is 6.38. The van der Waals surface area contributed by atoms with Crippen LogP contribution in [0.4, 0.5) is 0 Å². The zero-order valence-corrected chi connectivity index (χ0v) is 18.9. The van der Waals surface area contributed by atoms with Gasteiger partial charge < -0.3 is 25.4 Å². The second-order valence-electron chi connectivity index (χ2n) is 8.48. The van der Waals surface area contributed by atoms with Crippen LogP contribution in [0.25, 0.3) is 32.6 Å². The lowest BCUT2D eigenvalue weighted by Gasteiger charge is -2.25. The number of rotatable bonds is 8. The van der Waals surface area contributed by atoms with Crippen LogP contribution >= 0.6 is 0 Å². The molecule has 34 heavy (non-hydrogen) atoms. The highest BCUT2D eigenvalue weighted by Gasteiger charge is 2.22. The standard InChI is InChI=1S/C24H29N5O5/c30-12-7-25-5-9-29-16-2-1-15(26-6-8-28-10-13-34-14-11-28)19-20(16)23(27-29)21-17(31)3-4-18(32)22(21)24(19)33/h1-4,25,27,30,32-33H,5-14H2. The van der Waals surface area contributed by atoms with Crippen LogP contribution in [0.3, 0.4) is 0 Å². The maximum atomic E-state index is 12.8. The number of nitrogens with one attached hydrogen (secondary N) is 2. The number of ether oxygens (including phenoxy) is 1. The zero-order chi connectivity index (χ0) is 23.7. The molecule has 1 fully saturated rings. The molecule has 1 aliphatic rings. The molecule has 0 unspecified atom stereocenters. The Labute approximate surface area is 195 Å². The average Bonchev–Trinajstić information content (AvgIpc) is 3.21. The van der Waals surface area contributed by atoms with Gasteiger partial charge in [0.25, 0.3) is 0 Å². The zero-order valence-electron chi connectivity index (χ0n) is 18.9. The van der Waals surface area contributed by atoms with Gasteiger partial charge in [-0.3, -0.25) is 24.5 Å². The van der Waals surface area contributed by atoms with Crippen molar-refractivity contribution < 1.29 is 20.1 Å². The van der Waals surface area contributed by atoms with Crippen LogP contribution in [0.2, 0.25) is 0 Å². The summed E-state index contributed by atoms with van der Waals surface area (Å²) in [5.74, 6) is -0.294. The number of aliphatic hydroxyl groups is 1. The molecule has 180 valence electrons. The molecule has 1 aliphatic heterocycles. The van der Waals surface area contributed by atoms with Crippen molar-refractivity contribution >= 4 is 32.6 Å². The first-order chi connectivity index (χ1) is 16.6. The lowest BCUT2D eigenvalue weighted by molar-refractivity contribution is 0.0394. The van der Waals surface area contributed by atoms with Gasteiger partial charge in [-0.1, -0.05) is 0 Å². The predicted octanol–water partition coefficient (Wildman–Crippen LogP) is 0.300. The van der Waals surface area contributed by atoms with E-state index in [0.29, 0.717) is 47.8 Å². The predicted molar refractivity (Wildman–Crippen MR) is 130 cm³/mol. The monoisotopic (exact) mass is 467 g/mol. The van der Waals surface area contributed by atoms with Crippen molar-refractivity contribution in [2.45, 2.75) is 6.54 Å². The molecule has 0 atom stereocenters. The molecule has 10 nitrogen and oxygen atoms in total. The Morgan fingerprint density at radius 2 is 1.82 bits per heavy atom. The molecular formula is C24H29N5O5. The number of hydrogen-bond acceptors (Lipinski definition) is 8. The molecule has 2 heterocycles. The molecule has 3 aromatic carbocycles. The van der Waals surface area contributed by atoms with Gasteiger partial charge in [0.1, 0.15) is 11.5 Å². The number of hydrogen-bond donors (Lipinski definition) is 5. The normalized spacial score (nSPS) is 15.9. The van der Waals surface area contributed by atoms with Gasteiger partial charge in [-0.2, -0.15) is 0 Å². The molecule has 1 saturated heterocycles. The summed E-state index contributed by atoms with van der Waals surface area (Å²) < 4.78 is 7.31. The third kappa shape index (κ3) is 3.98. The first kappa shape index (κ1) is 22.6. The summed E-state index contributed by atoms with van der Waals surface area (Å²) in [6.45, 7) is 6.23. The van der Waals surface area contributed by atoms with E-state index >= 15 is 0 Å². The lowest BCUT2D eigenvalue weighted by Crippen LogP contribution is -2.37. The summed E-state index contributed by atoms with van der Waals surface area (Å²) in [7, 11) is 0. The van der Waals surface area contributed by atoms with Crippen molar-refractivity contribution in [3.63, 3.8) is 0 Å². The van der Waals surface area contributed by atoms with E-state index in [9.17, 15) is 15.0 Å². The van der Waals surface area contributed by atoms with Crippen molar-refractivity contribution in [2.24, 2.45) is 4.99 Å². The molecule has 4 aromatic rings. The number of aliphatic hydroxyl groups excluding tert-OH is 1. The quantitative estimate of drug-likeness (QED) is 0.186. The second kappa shape index (κ2) is 9.59. The van der Waals surface area contributed by atoms with Gasteiger partial charge >= 0.3 is 0 Å². The first-order valence-electron chi connectivity index (χ1n) is 11.6. The highest BCUT2D eigenvalue weighted by Crippen LogP contribution is 2.41. The SMILES string of the molecule is O=c1ccc(O)c2c(O)c3c(=NCCN4CCOCC4)ccc4c3c([nH]n4CCNCCO)c12. The Morgan fingerprint density at radius 3 is 2.62 bits per heavy atom. The largest absolute Gasteiger partial charge is 0.507 e.